The first-order chi connectivity index (χ1) is 7.24. The lowest BCUT2D eigenvalue weighted by Gasteiger charge is -2.32. The number of hydrogen-bond acceptors (Lipinski definition) is 3. The molecule has 1 aromatic heterocycles. The number of nitrogens with one attached hydrogen (secondary N) is 1. The Kier molecular flexibility index (Phi) is 2.87. The van der Waals surface area contributed by atoms with Crippen LogP contribution >= 0.6 is 0 Å². The molecule has 1 amide bonds. The molecule has 3 N–H and O–H groups in total. The minimum atomic E-state index is -0.0942. The van der Waals surface area contributed by atoms with Crippen molar-refractivity contribution in [2.75, 3.05) is 0 Å². The van der Waals surface area contributed by atoms with E-state index in [-0.39, 0.29) is 18.0 Å². The van der Waals surface area contributed by atoms with Gasteiger partial charge < -0.3 is 15.5 Å². The summed E-state index contributed by atoms with van der Waals surface area (Å²) >= 11 is 0. The van der Waals surface area contributed by atoms with E-state index < -0.39 is 0 Å². The third-order valence-corrected chi connectivity index (χ3v) is 2.46. The average molecular weight is 206 g/mol. The fourth-order valence-electron chi connectivity index (χ4n) is 1.57. The van der Waals surface area contributed by atoms with Gasteiger partial charge >= 0.3 is 0 Å². The number of carbonyl (C=O) groups excluding carboxylic acids is 1. The van der Waals surface area contributed by atoms with Gasteiger partial charge in [-0.25, -0.2) is 0 Å². The molecule has 0 aliphatic heterocycles. The van der Waals surface area contributed by atoms with Gasteiger partial charge in [0, 0.05) is 18.2 Å². The molecule has 4 heteroatoms. The van der Waals surface area contributed by atoms with E-state index >= 15 is 0 Å². The number of furan rings is 1. The van der Waals surface area contributed by atoms with Gasteiger partial charge in [-0.15, -0.1) is 0 Å². The SMILES string of the molecule is NC1CC(NC(=O)/C=C/c2ccco2)C1. The Morgan fingerprint density at radius 3 is 3.00 bits per heavy atom. The quantitative estimate of drug-likeness (QED) is 0.722. The molecule has 2 rings (SSSR count). The summed E-state index contributed by atoms with van der Waals surface area (Å²) in [5.74, 6) is 0.582. The highest BCUT2D eigenvalue weighted by Crippen LogP contribution is 2.17. The summed E-state index contributed by atoms with van der Waals surface area (Å²) in [6.45, 7) is 0. The van der Waals surface area contributed by atoms with Crippen LogP contribution in [0.3, 0.4) is 0 Å². The molecule has 1 fully saturated rings. The van der Waals surface area contributed by atoms with Crippen LogP contribution in [-0.2, 0) is 4.79 Å². The standard InChI is InChI=1S/C11H14N2O2/c12-8-6-9(7-8)13-11(14)4-3-10-2-1-5-15-10/h1-5,8-9H,6-7,12H2,(H,13,14)/b4-3+. The lowest BCUT2D eigenvalue weighted by molar-refractivity contribution is -0.117. The van der Waals surface area contributed by atoms with E-state index in [1.54, 1.807) is 24.5 Å². The number of amides is 1. The minimum absolute atomic E-state index is 0.0942. The van der Waals surface area contributed by atoms with E-state index in [2.05, 4.69) is 5.32 Å². The smallest absolute Gasteiger partial charge is 0.244 e. The average Bonchev–Trinajstić information content (AvgIpc) is 2.65. The predicted molar refractivity (Wildman–Crippen MR) is 56.9 cm³/mol. The Bertz CT molecular complexity index is 351. The van der Waals surface area contributed by atoms with Crippen LogP contribution in [0.15, 0.2) is 28.9 Å². The molecule has 0 aromatic carbocycles. The Hall–Kier alpha value is -1.55. The Morgan fingerprint density at radius 1 is 1.60 bits per heavy atom. The lowest BCUT2D eigenvalue weighted by atomic mass is 9.88. The number of nitrogens with two attached hydrogens (primary N) is 1. The van der Waals surface area contributed by atoms with Gasteiger partial charge in [0.2, 0.25) is 5.91 Å². The molecule has 0 bridgehead atoms. The number of rotatable bonds is 3. The normalized spacial score (nSPS) is 25.1. The van der Waals surface area contributed by atoms with E-state index in [0.29, 0.717) is 5.76 Å². The molecule has 1 aliphatic carbocycles. The third kappa shape index (κ3) is 2.70. The zero-order chi connectivity index (χ0) is 10.7. The molecule has 0 atom stereocenters. The van der Waals surface area contributed by atoms with Crippen molar-refractivity contribution in [1.29, 1.82) is 0 Å². The van der Waals surface area contributed by atoms with E-state index in [4.69, 9.17) is 10.2 Å². The molecule has 15 heavy (non-hydrogen) atoms. The van der Waals surface area contributed by atoms with E-state index in [1.165, 1.54) is 6.08 Å². The van der Waals surface area contributed by atoms with Crippen LogP contribution in [0, 0.1) is 0 Å². The minimum Gasteiger partial charge on any atom is -0.465 e. The summed E-state index contributed by atoms with van der Waals surface area (Å²) in [5.41, 5.74) is 5.61. The number of hydrogen-bond donors (Lipinski definition) is 2. The summed E-state index contributed by atoms with van der Waals surface area (Å²) in [6.07, 6.45) is 6.44. The summed E-state index contributed by atoms with van der Waals surface area (Å²) in [6, 6.07) is 4.07. The van der Waals surface area contributed by atoms with Gasteiger partial charge in [0.1, 0.15) is 5.76 Å². The Morgan fingerprint density at radius 2 is 2.40 bits per heavy atom. The highest BCUT2D eigenvalue weighted by Gasteiger charge is 2.26. The molecule has 1 saturated carbocycles. The third-order valence-electron chi connectivity index (χ3n) is 2.46. The van der Waals surface area contributed by atoms with Crippen LogP contribution in [0.2, 0.25) is 0 Å². The first-order valence-electron chi connectivity index (χ1n) is 5.01. The molecule has 0 spiro atoms. The summed E-state index contributed by atoms with van der Waals surface area (Å²) in [4.78, 5) is 11.4. The molecule has 1 heterocycles. The lowest BCUT2D eigenvalue weighted by Crippen LogP contribution is -2.49. The molecule has 1 aromatic rings. The van der Waals surface area contributed by atoms with Crippen molar-refractivity contribution in [2.24, 2.45) is 5.73 Å². The van der Waals surface area contributed by atoms with Crippen LogP contribution in [0.4, 0.5) is 0 Å². The Balaban J connectivity index is 1.77. The van der Waals surface area contributed by atoms with Crippen molar-refractivity contribution in [1.82, 2.24) is 5.32 Å². The van der Waals surface area contributed by atoms with E-state index in [9.17, 15) is 4.79 Å². The highest BCUT2D eigenvalue weighted by molar-refractivity contribution is 5.91. The summed E-state index contributed by atoms with van der Waals surface area (Å²) in [5, 5.41) is 2.86. The van der Waals surface area contributed by atoms with Gasteiger partial charge in [-0.1, -0.05) is 0 Å². The van der Waals surface area contributed by atoms with Gasteiger partial charge in [-0.3, -0.25) is 4.79 Å². The first-order valence-corrected chi connectivity index (χ1v) is 5.01. The van der Waals surface area contributed by atoms with Gasteiger partial charge in [-0.05, 0) is 31.1 Å². The Labute approximate surface area is 88.1 Å². The van der Waals surface area contributed by atoms with Crippen LogP contribution in [0.25, 0.3) is 6.08 Å². The molecule has 1 aliphatic rings. The highest BCUT2D eigenvalue weighted by atomic mass is 16.3. The molecular formula is C11H14N2O2. The summed E-state index contributed by atoms with van der Waals surface area (Å²) < 4.78 is 5.06. The molecule has 0 unspecified atom stereocenters. The van der Waals surface area contributed by atoms with Gasteiger partial charge in [0.25, 0.3) is 0 Å². The molecule has 0 saturated heterocycles. The van der Waals surface area contributed by atoms with Crippen LogP contribution in [0.5, 0.6) is 0 Å². The fourth-order valence-corrected chi connectivity index (χ4v) is 1.57. The second-order valence-corrected chi connectivity index (χ2v) is 3.79. The largest absolute Gasteiger partial charge is 0.465 e. The zero-order valence-electron chi connectivity index (χ0n) is 8.35. The molecular weight excluding hydrogens is 192 g/mol. The predicted octanol–water partition coefficient (Wildman–Crippen LogP) is 0.899. The maximum Gasteiger partial charge on any atom is 0.244 e. The second-order valence-electron chi connectivity index (χ2n) is 3.79. The van der Waals surface area contributed by atoms with Gasteiger partial charge in [0.05, 0.1) is 6.26 Å². The van der Waals surface area contributed by atoms with Gasteiger partial charge in [-0.2, -0.15) is 0 Å². The molecule has 0 radical (unpaired) electrons. The van der Waals surface area contributed by atoms with E-state index in [1.807, 2.05) is 0 Å². The zero-order valence-corrected chi connectivity index (χ0v) is 8.35. The van der Waals surface area contributed by atoms with E-state index in [0.717, 1.165) is 12.8 Å². The van der Waals surface area contributed by atoms with Crippen molar-refractivity contribution in [2.45, 2.75) is 24.9 Å². The maximum atomic E-state index is 11.4. The topological polar surface area (TPSA) is 68.3 Å². The fraction of sp³-hybridized carbons (Fsp3) is 0.364. The van der Waals surface area contributed by atoms with Crippen LogP contribution in [0.1, 0.15) is 18.6 Å². The van der Waals surface area contributed by atoms with Crippen LogP contribution < -0.4 is 11.1 Å². The van der Waals surface area contributed by atoms with Crippen molar-refractivity contribution in [3.63, 3.8) is 0 Å². The van der Waals surface area contributed by atoms with Crippen molar-refractivity contribution in [3.05, 3.63) is 30.2 Å². The molecule has 80 valence electrons. The second kappa shape index (κ2) is 4.31. The van der Waals surface area contributed by atoms with Crippen molar-refractivity contribution in [3.8, 4) is 0 Å². The van der Waals surface area contributed by atoms with Crippen molar-refractivity contribution < 1.29 is 9.21 Å². The van der Waals surface area contributed by atoms with Gasteiger partial charge in [0.15, 0.2) is 0 Å². The number of carbonyl (C=O) groups is 1. The first kappa shape index (κ1) is 9.98. The molecule has 4 nitrogen and oxygen atoms in total. The monoisotopic (exact) mass is 206 g/mol. The van der Waals surface area contributed by atoms with Crippen molar-refractivity contribution >= 4 is 12.0 Å². The summed E-state index contributed by atoms with van der Waals surface area (Å²) in [7, 11) is 0. The maximum absolute atomic E-state index is 11.4. The van der Waals surface area contributed by atoms with Crippen LogP contribution in [-0.4, -0.2) is 18.0 Å².